The van der Waals surface area contributed by atoms with Crippen LogP contribution in [0.15, 0.2) is 90.7 Å². The molecule has 17 atom stereocenters. The normalized spacial score (nSPS) is 22.4. The van der Waals surface area contributed by atoms with Crippen molar-refractivity contribution in [3.63, 3.8) is 0 Å². The predicted octanol–water partition coefficient (Wildman–Crippen LogP) is -9.22. The Kier molecular flexibility index (Phi) is 32.1. The van der Waals surface area contributed by atoms with Crippen molar-refractivity contribution in [2.75, 3.05) is 25.1 Å². The van der Waals surface area contributed by atoms with Gasteiger partial charge in [-0.3, -0.25) is 61.9 Å². The monoisotopic (exact) mass is 1520 g/mol. The van der Waals surface area contributed by atoms with E-state index in [2.05, 4.69) is 45.7 Å². The van der Waals surface area contributed by atoms with Crippen LogP contribution in [0.5, 0.6) is 5.75 Å². The first-order valence-electron chi connectivity index (χ1n) is 31.0. The summed E-state index contributed by atoms with van der Waals surface area (Å²) in [5.41, 5.74) is -1.33. The van der Waals surface area contributed by atoms with Gasteiger partial charge in [-0.25, -0.2) is 23.5 Å². The zero-order valence-electron chi connectivity index (χ0n) is 56.5. The number of unbranched alkanes of at least 4 members (excludes halogenated alkanes) is 1. The van der Waals surface area contributed by atoms with Gasteiger partial charge in [0.05, 0.1) is 18.8 Å². The van der Waals surface area contributed by atoms with Crippen molar-refractivity contribution in [2.45, 2.75) is 158 Å². The number of phosphoric acid groups is 2. The molecule has 40 nitrogen and oxygen atoms in total. The first kappa shape index (κ1) is 87.3. The Morgan fingerprint density at radius 1 is 0.731 bits per heavy atom. The van der Waals surface area contributed by atoms with E-state index in [-0.39, 0.29) is 113 Å². The molecule has 1 aliphatic carbocycles. The topological polar surface area (TPSA) is 624 Å². The van der Waals surface area contributed by atoms with Crippen LogP contribution in [0, 0.1) is 0 Å². The number of hydrogen-bond donors (Lipinski definition) is 16. The van der Waals surface area contributed by atoms with Gasteiger partial charge in [-0.1, -0.05) is 18.2 Å². The second kappa shape index (κ2) is 38.2. The minimum absolute atomic E-state index is 0. The smallest absolute Gasteiger partial charge is 0.872 e. The number of aromatic nitrogens is 2. The molecule has 16 N–H and O–H groups in total. The quantitative estimate of drug-likeness (QED) is 0.00454. The number of aliphatic carboxylic acids is 2. The summed E-state index contributed by atoms with van der Waals surface area (Å²) >= 11 is 0. The van der Waals surface area contributed by atoms with E-state index in [9.17, 15) is 118 Å². The van der Waals surface area contributed by atoms with Gasteiger partial charge in [-0.05, 0) is 96.5 Å². The first-order chi connectivity index (χ1) is 47.9. The summed E-state index contributed by atoms with van der Waals surface area (Å²) in [6.45, 7) is 3.08. The molecule has 3 aromatic rings. The summed E-state index contributed by atoms with van der Waals surface area (Å²) in [6, 6.07) is 3.26. The number of fused-ring (bicyclic) bond motifs is 2. The molecule has 0 spiro atoms. The van der Waals surface area contributed by atoms with Crippen molar-refractivity contribution in [3.8, 4) is 28.2 Å². The number of hydrogen-bond acceptors (Lipinski definition) is 28. The van der Waals surface area contributed by atoms with E-state index in [1.807, 2.05) is 4.98 Å². The maximum atomic E-state index is 13.8. The molecule has 556 valence electrons. The van der Waals surface area contributed by atoms with Crippen molar-refractivity contribution in [3.05, 3.63) is 103 Å². The SMILES string of the molecule is CC([O-])=N[C@H]1[C@@H](OP(=O)(O)OP(=O)(O)OC[C@H]2O[C@@H](n3ccc(=O)[nH]c3=O)[C@H](O)[C@@H]2O)O[C@H](CO)[C@@H](O)[C@@H]1OC(C)C(=O)N[C@@H](C)C(=O)N[C@@H](CCC(=O)N[C@@H](CCCCNc1cccc(C(=O)O)c1-c1c2ccc(=O)cc-2oc2cc([O-])ccc12)C(=O)N[C@@H](C)C(=O)N[C@@H](C)C(=O)O)C(=O)O.[Na+].[Na+]. The Hall–Kier alpha value is -7.38. The number of ether oxygens (including phenoxy) is 3. The van der Waals surface area contributed by atoms with Crippen LogP contribution in [0.4, 0.5) is 5.69 Å². The Morgan fingerprint density at radius 2 is 1.39 bits per heavy atom. The van der Waals surface area contributed by atoms with E-state index >= 15 is 0 Å². The number of aliphatic hydroxyl groups excluding tert-OH is 4. The van der Waals surface area contributed by atoms with Crippen LogP contribution >= 0.6 is 15.6 Å². The summed E-state index contributed by atoms with van der Waals surface area (Å²) in [5.74, 6) is -11.1. The largest absolute Gasteiger partial charge is 1.00 e. The first-order valence-corrected chi connectivity index (χ1v) is 34.0. The van der Waals surface area contributed by atoms with Crippen LogP contribution in [0.1, 0.15) is 83.3 Å². The number of aliphatic imine (C=N–C) groups is 1. The predicted molar refractivity (Wildman–Crippen MR) is 342 cm³/mol. The fraction of sp³-hybridized carbons (Fsp3) is 0.467. The van der Waals surface area contributed by atoms with E-state index in [1.54, 1.807) is 6.07 Å². The molecule has 104 heavy (non-hydrogen) atoms. The average Bonchev–Trinajstić information content (AvgIpc) is 0.870. The van der Waals surface area contributed by atoms with Gasteiger partial charge in [0.1, 0.15) is 90.3 Å². The second-order valence-electron chi connectivity index (χ2n) is 23.4. The van der Waals surface area contributed by atoms with Crippen molar-refractivity contribution < 1.29 is 194 Å². The molecule has 0 bridgehead atoms. The van der Waals surface area contributed by atoms with Gasteiger partial charge in [-0.2, -0.15) is 4.31 Å². The number of anilines is 1. The third-order valence-electron chi connectivity index (χ3n) is 15.8. The number of carbonyl (C=O) groups is 8. The van der Waals surface area contributed by atoms with Crippen LogP contribution in [0.2, 0.25) is 0 Å². The van der Waals surface area contributed by atoms with Gasteiger partial charge in [0.25, 0.3) is 5.56 Å². The molecule has 5 amide bonds. The van der Waals surface area contributed by atoms with Crippen LogP contribution in [0.3, 0.4) is 0 Å². The minimum Gasteiger partial charge on any atom is -0.872 e. The van der Waals surface area contributed by atoms with Crippen LogP contribution < -0.4 is 118 Å². The van der Waals surface area contributed by atoms with Gasteiger partial charge in [-0.15, -0.1) is 5.75 Å². The molecule has 0 radical (unpaired) electrons. The molecule has 44 heteroatoms. The molecule has 7 rings (SSSR count). The molecule has 0 saturated carbocycles. The average molecular weight is 1520 g/mol. The molecule has 2 saturated heterocycles. The van der Waals surface area contributed by atoms with E-state index in [4.69, 9.17) is 23.2 Å². The number of amides is 5. The number of carboxylic acids is 3. The van der Waals surface area contributed by atoms with Gasteiger partial charge >= 0.3 is 98.4 Å². The number of carboxylic acid groups (broad SMARTS) is 3. The third kappa shape index (κ3) is 23.1. The number of aromatic carboxylic acids is 1. The van der Waals surface area contributed by atoms with Crippen LogP contribution in [0.25, 0.3) is 33.4 Å². The van der Waals surface area contributed by atoms with Crippen LogP contribution in [-0.2, 0) is 70.3 Å². The Morgan fingerprint density at radius 3 is 2.03 bits per heavy atom. The van der Waals surface area contributed by atoms with Crippen LogP contribution in [-0.4, -0.2) is 213 Å². The van der Waals surface area contributed by atoms with Crippen molar-refractivity contribution in [1.82, 2.24) is 36.1 Å². The zero-order chi connectivity index (χ0) is 75.4. The zero-order valence-corrected chi connectivity index (χ0v) is 62.3. The molecule has 2 aromatic carbocycles. The number of rotatable bonds is 34. The molecule has 3 aliphatic heterocycles. The number of aliphatic hydroxyl groups is 4. The fourth-order valence-electron chi connectivity index (χ4n) is 10.6. The summed E-state index contributed by atoms with van der Waals surface area (Å²) in [7, 11) is -11.8. The molecule has 4 aliphatic rings. The van der Waals surface area contributed by atoms with Gasteiger partial charge in [0, 0.05) is 59.1 Å². The Bertz CT molecular complexity index is 4240. The summed E-state index contributed by atoms with van der Waals surface area (Å²) in [6.07, 6.45) is -17.9. The number of nitrogens with zero attached hydrogens (tertiary/aromatic N) is 2. The van der Waals surface area contributed by atoms with E-state index in [0.717, 1.165) is 33.0 Å². The van der Waals surface area contributed by atoms with Crippen molar-refractivity contribution >= 4 is 85.6 Å². The molecular weight excluding hydrogens is 1450 g/mol. The van der Waals surface area contributed by atoms with Crippen molar-refractivity contribution in [2.24, 2.45) is 4.99 Å². The molecule has 2 fully saturated rings. The fourth-order valence-corrected chi connectivity index (χ4v) is 12.8. The molecule has 3 unspecified atom stereocenters. The van der Waals surface area contributed by atoms with Gasteiger partial charge in [0.15, 0.2) is 17.9 Å². The van der Waals surface area contributed by atoms with E-state index < -0.39 is 209 Å². The van der Waals surface area contributed by atoms with Gasteiger partial charge in [0.2, 0.25) is 29.5 Å². The maximum Gasteiger partial charge on any atom is 1.00 e. The molecule has 4 heterocycles. The molecule has 1 aromatic heterocycles. The van der Waals surface area contributed by atoms with Gasteiger partial charge < -0.3 is 106 Å². The second-order valence-corrected chi connectivity index (χ2v) is 26.4. The number of phosphoric ester groups is 2. The Labute approximate surface area is 632 Å². The Balaban J connectivity index is 0.00000972. The number of aromatic amines is 1. The third-order valence-corrected chi connectivity index (χ3v) is 18.4. The number of benzene rings is 3. The standard InChI is InChI=1S/C60H75N9O31P2.2Na/c1-25(51(79)64-27(3)56(83)84)63-54(82)36(10-6-7-19-61-35-11-8-9-34(57(85)86)45(35)44-32-14-12-30(72)21-38(32)96-39-22-31(73)13-15-33(39)44)66-42(74)17-16-37(58(87)88)67-52(80)26(2)62-53(81)28(4)95-50-46(65-29(5)71)59(98-40(23-70)48(50)77)99-102(92,93)100-101(90,91)94-24-41-47(76)49(78)55(97-41)69-20-18-43(75)68-60(69)89;;/h8-9,11-15,18,20-22,25-28,36-37,40-41,46-50,55,59,61,70,72,76-78H,6-7,10,16-17,19,23-24H2,1-5H3,(H,62,81)(H,63,82)(H,64,79)(H,65,71)(H,66,74)(H,67,80)(H,83,84)(H,85,86)(H,87,88)(H,90,91)(H,92,93)(H,68,75,89);;/q;2*+1/p-2/t25-,26-,27-,28?,36-,37-,40+,41+,46+,47+,48+,49+,50+,55+,59+;;/m0../s1. The number of H-pyrrole nitrogens is 1. The van der Waals surface area contributed by atoms with E-state index in [1.165, 1.54) is 62.4 Å². The van der Waals surface area contributed by atoms with Crippen molar-refractivity contribution in [1.29, 1.82) is 0 Å². The summed E-state index contributed by atoms with van der Waals surface area (Å²) in [5, 5.41) is 112. The minimum atomic E-state index is -6.02. The number of carbonyl (C=O) groups excluding carboxylic acids is 5. The summed E-state index contributed by atoms with van der Waals surface area (Å²) in [4.78, 5) is 167. The molecular formula is C60H73N9Na2O31P2. The van der Waals surface area contributed by atoms with E-state index in [0.29, 0.717) is 21.1 Å². The summed E-state index contributed by atoms with van der Waals surface area (Å²) < 4.78 is 63.3. The number of nitrogens with one attached hydrogen (secondary N) is 7. The maximum absolute atomic E-state index is 13.8.